The molecule has 1 aromatic rings. The fourth-order valence-corrected chi connectivity index (χ4v) is 3.42. The molecule has 19 heavy (non-hydrogen) atoms. The van der Waals surface area contributed by atoms with Crippen molar-refractivity contribution in [1.29, 1.82) is 0 Å². The molecule has 2 aliphatic rings. The normalized spacial score (nSPS) is 32.6. The lowest BCUT2D eigenvalue weighted by atomic mass is 9.82. The number of hydrogen-bond donors (Lipinski definition) is 1. The molecular formula is C16H24N2O. The first kappa shape index (κ1) is 13.1. The maximum atomic E-state index is 5.59. The third kappa shape index (κ3) is 2.69. The van der Waals surface area contributed by atoms with Gasteiger partial charge in [-0.1, -0.05) is 36.8 Å². The maximum Gasteiger partial charge on any atom is 0.0930 e. The number of hydroxylamine groups is 1. The average molecular weight is 260 g/mol. The summed E-state index contributed by atoms with van der Waals surface area (Å²) in [7, 11) is 0. The molecule has 1 aromatic carbocycles. The quantitative estimate of drug-likeness (QED) is 0.904. The van der Waals surface area contributed by atoms with Gasteiger partial charge in [0.05, 0.1) is 6.10 Å². The van der Waals surface area contributed by atoms with E-state index in [1.54, 1.807) is 0 Å². The molecule has 3 nitrogen and oxygen atoms in total. The Bertz CT molecular complexity index is 402. The minimum atomic E-state index is 0.172. The topological polar surface area (TPSA) is 24.5 Å². The van der Waals surface area contributed by atoms with Crippen LogP contribution in [-0.4, -0.2) is 30.6 Å². The lowest BCUT2D eigenvalue weighted by Crippen LogP contribution is -2.50. The van der Waals surface area contributed by atoms with E-state index < -0.39 is 0 Å². The van der Waals surface area contributed by atoms with E-state index in [9.17, 15) is 0 Å². The van der Waals surface area contributed by atoms with Crippen LogP contribution in [0.1, 0.15) is 38.2 Å². The Balaban J connectivity index is 1.79. The monoisotopic (exact) mass is 260 g/mol. The predicted octanol–water partition coefficient (Wildman–Crippen LogP) is 2.68. The summed E-state index contributed by atoms with van der Waals surface area (Å²) in [5.41, 5.74) is 4.62. The van der Waals surface area contributed by atoms with Crippen LogP contribution in [-0.2, 0) is 10.4 Å². The molecule has 3 heteroatoms. The Hall–Kier alpha value is -0.900. The van der Waals surface area contributed by atoms with Crippen molar-refractivity contribution in [3.8, 4) is 0 Å². The minimum absolute atomic E-state index is 0.172. The molecule has 0 aliphatic carbocycles. The van der Waals surface area contributed by atoms with Crippen LogP contribution in [0, 0.1) is 0 Å². The van der Waals surface area contributed by atoms with Crippen LogP contribution in [0.5, 0.6) is 0 Å². The van der Waals surface area contributed by atoms with Gasteiger partial charge in [-0.05, 0) is 38.3 Å². The Morgan fingerprint density at radius 3 is 2.89 bits per heavy atom. The molecule has 2 heterocycles. The van der Waals surface area contributed by atoms with Crippen LogP contribution in [0.2, 0.25) is 0 Å². The van der Waals surface area contributed by atoms with Gasteiger partial charge < -0.3 is 0 Å². The summed E-state index contributed by atoms with van der Waals surface area (Å²) in [6.07, 6.45) is 5.35. The fraction of sp³-hybridized carbons (Fsp3) is 0.625. The van der Waals surface area contributed by atoms with E-state index in [1.165, 1.54) is 31.4 Å². The molecule has 1 N–H and O–H groups in total. The number of piperidine rings is 1. The lowest BCUT2D eigenvalue weighted by molar-refractivity contribution is -0.0267. The maximum absolute atomic E-state index is 5.59. The van der Waals surface area contributed by atoms with E-state index >= 15 is 0 Å². The van der Waals surface area contributed by atoms with Gasteiger partial charge in [0, 0.05) is 18.6 Å². The zero-order chi connectivity index (χ0) is 13.1. The van der Waals surface area contributed by atoms with E-state index in [0.717, 1.165) is 19.5 Å². The number of benzene rings is 1. The van der Waals surface area contributed by atoms with E-state index in [2.05, 4.69) is 47.6 Å². The van der Waals surface area contributed by atoms with Gasteiger partial charge in [0.1, 0.15) is 0 Å². The summed E-state index contributed by atoms with van der Waals surface area (Å²) >= 11 is 0. The van der Waals surface area contributed by atoms with Crippen LogP contribution in [0.4, 0.5) is 0 Å². The highest BCUT2D eigenvalue weighted by Crippen LogP contribution is 2.37. The SMILES string of the molecule is CC1(c2ccccc2)CCCCN1CC1CCNO1. The minimum Gasteiger partial charge on any atom is -0.297 e. The molecule has 0 radical (unpaired) electrons. The van der Waals surface area contributed by atoms with Gasteiger partial charge >= 0.3 is 0 Å². The highest BCUT2D eigenvalue weighted by atomic mass is 16.7. The Kier molecular flexibility index (Phi) is 3.87. The van der Waals surface area contributed by atoms with E-state index in [4.69, 9.17) is 4.84 Å². The number of nitrogens with one attached hydrogen (secondary N) is 1. The van der Waals surface area contributed by atoms with Gasteiger partial charge in [0.2, 0.25) is 0 Å². The van der Waals surface area contributed by atoms with Crippen LogP contribution in [0.15, 0.2) is 30.3 Å². The summed E-state index contributed by atoms with van der Waals surface area (Å²) in [4.78, 5) is 8.22. The second-order valence-corrected chi connectivity index (χ2v) is 5.97. The van der Waals surface area contributed by atoms with Crippen molar-refractivity contribution in [3.05, 3.63) is 35.9 Å². The number of rotatable bonds is 3. The van der Waals surface area contributed by atoms with Crippen molar-refractivity contribution < 1.29 is 4.84 Å². The largest absolute Gasteiger partial charge is 0.297 e. The van der Waals surface area contributed by atoms with Crippen molar-refractivity contribution in [2.45, 2.75) is 44.2 Å². The molecule has 0 spiro atoms. The summed E-state index contributed by atoms with van der Waals surface area (Å²) < 4.78 is 0. The molecule has 2 atom stereocenters. The standard InChI is InChI=1S/C16H24N2O/c1-16(14-7-3-2-4-8-14)10-5-6-12-18(16)13-15-9-11-17-19-15/h2-4,7-8,15,17H,5-6,9-13H2,1H3. The first-order valence-electron chi connectivity index (χ1n) is 7.48. The molecule has 2 saturated heterocycles. The molecule has 0 amide bonds. The predicted molar refractivity (Wildman–Crippen MR) is 76.7 cm³/mol. The number of nitrogens with zero attached hydrogens (tertiary/aromatic N) is 1. The Morgan fingerprint density at radius 2 is 2.16 bits per heavy atom. The molecule has 3 rings (SSSR count). The molecule has 2 fully saturated rings. The average Bonchev–Trinajstić information content (AvgIpc) is 2.96. The summed E-state index contributed by atoms with van der Waals surface area (Å²) in [5.74, 6) is 0. The van der Waals surface area contributed by atoms with Crippen LogP contribution < -0.4 is 5.48 Å². The summed E-state index contributed by atoms with van der Waals surface area (Å²) in [6.45, 7) is 5.61. The fourth-order valence-electron chi connectivity index (χ4n) is 3.42. The van der Waals surface area contributed by atoms with Gasteiger partial charge in [0.15, 0.2) is 0 Å². The third-order valence-corrected chi connectivity index (χ3v) is 4.68. The summed E-state index contributed by atoms with van der Waals surface area (Å²) in [5, 5.41) is 0. The van der Waals surface area contributed by atoms with Gasteiger partial charge in [-0.2, -0.15) is 0 Å². The van der Waals surface area contributed by atoms with Gasteiger partial charge in [0.25, 0.3) is 0 Å². The van der Waals surface area contributed by atoms with Crippen molar-refractivity contribution in [2.75, 3.05) is 19.6 Å². The molecule has 0 aromatic heterocycles. The number of likely N-dealkylation sites (tertiary alicyclic amines) is 1. The van der Waals surface area contributed by atoms with Crippen LogP contribution in [0.25, 0.3) is 0 Å². The smallest absolute Gasteiger partial charge is 0.0930 e. The zero-order valence-electron chi connectivity index (χ0n) is 11.8. The lowest BCUT2D eigenvalue weighted by Gasteiger charge is -2.46. The second kappa shape index (κ2) is 5.61. The molecular weight excluding hydrogens is 236 g/mol. The molecule has 2 aliphatic heterocycles. The van der Waals surface area contributed by atoms with Crippen molar-refractivity contribution in [3.63, 3.8) is 0 Å². The van der Waals surface area contributed by atoms with Crippen LogP contribution in [0.3, 0.4) is 0 Å². The Labute approximate surface area is 115 Å². The number of hydrogen-bond acceptors (Lipinski definition) is 3. The molecule has 2 unspecified atom stereocenters. The molecule has 0 bridgehead atoms. The highest BCUT2D eigenvalue weighted by molar-refractivity contribution is 5.24. The second-order valence-electron chi connectivity index (χ2n) is 5.97. The Morgan fingerprint density at radius 1 is 1.32 bits per heavy atom. The first-order chi connectivity index (χ1) is 9.29. The third-order valence-electron chi connectivity index (χ3n) is 4.68. The van der Waals surface area contributed by atoms with Gasteiger partial charge in [-0.25, -0.2) is 5.48 Å². The van der Waals surface area contributed by atoms with E-state index in [-0.39, 0.29) is 5.54 Å². The molecule has 0 saturated carbocycles. The highest BCUT2D eigenvalue weighted by Gasteiger charge is 2.37. The summed E-state index contributed by atoms with van der Waals surface area (Å²) in [6, 6.07) is 10.9. The van der Waals surface area contributed by atoms with Gasteiger partial charge in [-0.15, -0.1) is 0 Å². The molecule has 104 valence electrons. The van der Waals surface area contributed by atoms with Gasteiger partial charge in [-0.3, -0.25) is 9.74 Å². The van der Waals surface area contributed by atoms with Crippen LogP contribution >= 0.6 is 0 Å². The van der Waals surface area contributed by atoms with E-state index in [1.807, 2.05) is 0 Å². The first-order valence-corrected chi connectivity index (χ1v) is 7.48. The van der Waals surface area contributed by atoms with E-state index in [0.29, 0.717) is 6.10 Å². The van der Waals surface area contributed by atoms with Crippen molar-refractivity contribution >= 4 is 0 Å². The zero-order valence-corrected chi connectivity index (χ0v) is 11.8. The van der Waals surface area contributed by atoms with Crippen molar-refractivity contribution in [1.82, 2.24) is 10.4 Å². The van der Waals surface area contributed by atoms with Crippen molar-refractivity contribution in [2.24, 2.45) is 0 Å².